The number of nitrogens with zero attached hydrogens (tertiary/aromatic N) is 1. The predicted octanol–water partition coefficient (Wildman–Crippen LogP) is 3.52. The second-order valence-corrected chi connectivity index (χ2v) is 6.37. The van der Waals surface area contributed by atoms with Crippen molar-refractivity contribution < 1.29 is 9.59 Å². The van der Waals surface area contributed by atoms with Gasteiger partial charge < -0.3 is 0 Å². The highest BCUT2D eigenvalue weighted by Crippen LogP contribution is 2.28. The molecular weight excluding hydrogens is 353 g/mol. The van der Waals surface area contributed by atoms with Crippen molar-refractivity contribution in [3.8, 4) is 0 Å². The topological polar surface area (TPSA) is 37.4 Å². The number of hydrogen-bond acceptors (Lipinski definition) is 2. The first-order valence-electron chi connectivity index (χ1n) is 6.59. The minimum absolute atomic E-state index is 0.0179. The molecule has 2 amide bonds. The molecule has 1 aromatic rings. The van der Waals surface area contributed by atoms with Crippen LogP contribution in [0.3, 0.4) is 0 Å². The first-order chi connectivity index (χ1) is 9.06. The van der Waals surface area contributed by atoms with Crippen LogP contribution in [-0.4, -0.2) is 27.2 Å². The fraction of sp³-hybridized carbons (Fsp3) is 0.467. The zero-order valence-corrected chi connectivity index (χ0v) is 13.4. The number of rotatable bonds is 5. The van der Waals surface area contributed by atoms with Crippen molar-refractivity contribution in [1.82, 2.24) is 4.90 Å². The molecule has 0 aliphatic carbocycles. The van der Waals surface area contributed by atoms with Crippen LogP contribution < -0.4 is 0 Å². The Morgan fingerprint density at radius 1 is 1.11 bits per heavy atom. The molecule has 19 heavy (non-hydrogen) atoms. The Bertz CT molecular complexity index is 464. The van der Waals surface area contributed by atoms with E-state index >= 15 is 0 Å². The molecule has 0 saturated carbocycles. The quantitative estimate of drug-likeness (QED) is 0.451. The maximum absolute atomic E-state index is 12.4. The first kappa shape index (κ1) is 14.5. The summed E-state index contributed by atoms with van der Waals surface area (Å²) in [5, 5.41) is 0. The molecule has 0 radical (unpaired) electrons. The van der Waals surface area contributed by atoms with E-state index in [1.807, 2.05) is 12.1 Å². The van der Waals surface area contributed by atoms with E-state index in [0.29, 0.717) is 17.0 Å². The van der Waals surface area contributed by atoms with Gasteiger partial charge in [0.15, 0.2) is 0 Å². The summed E-state index contributed by atoms with van der Waals surface area (Å²) in [6, 6.07) is 7.12. The molecule has 1 atom stereocenters. The molecule has 1 heterocycles. The van der Waals surface area contributed by atoms with E-state index in [-0.39, 0.29) is 17.9 Å². The molecule has 0 fully saturated rings. The van der Waals surface area contributed by atoms with Gasteiger partial charge in [-0.3, -0.25) is 14.5 Å². The third-order valence-corrected chi connectivity index (χ3v) is 4.00. The van der Waals surface area contributed by atoms with Crippen molar-refractivity contribution in [2.45, 2.75) is 32.7 Å². The summed E-state index contributed by atoms with van der Waals surface area (Å²) in [7, 11) is 0. The summed E-state index contributed by atoms with van der Waals surface area (Å²) in [6.07, 6.45) is 1.73. The summed E-state index contributed by atoms with van der Waals surface area (Å²) < 4.78 is 0.947. The molecule has 0 saturated heterocycles. The Kier molecular flexibility index (Phi) is 4.60. The van der Waals surface area contributed by atoms with E-state index in [2.05, 4.69) is 36.4 Å². The highest BCUT2D eigenvalue weighted by molar-refractivity contribution is 14.1. The third-order valence-electron chi connectivity index (χ3n) is 3.38. The van der Waals surface area contributed by atoms with Gasteiger partial charge in [-0.15, -0.1) is 0 Å². The highest BCUT2D eigenvalue weighted by atomic mass is 127. The van der Waals surface area contributed by atoms with E-state index in [4.69, 9.17) is 0 Å². The minimum Gasteiger partial charge on any atom is -0.271 e. The summed E-state index contributed by atoms with van der Waals surface area (Å²) in [6.45, 7) is 4.25. The average Bonchev–Trinajstić information content (AvgIpc) is 2.62. The Balaban J connectivity index is 2.30. The van der Waals surface area contributed by atoms with E-state index in [9.17, 15) is 9.59 Å². The van der Waals surface area contributed by atoms with E-state index < -0.39 is 0 Å². The van der Waals surface area contributed by atoms with Crippen molar-refractivity contribution in [2.75, 3.05) is 4.43 Å². The number of amides is 2. The summed E-state index contributed by atoms with van der Waals surface area (Å²) in [5.74, 6) is 0.212. The number of hydrogen-bond donors (Lipinski definition) is 0. The molecule has 1 aliphatic rings. The van der Waals surface area contributed by atoms with Gasteiger partial charge >= 0.3 is 0 Å². The molecule has 2 rings (SSSR count). The van der Waals surface area contributed by atoms with Crippen molar-refractivity contribution in [3.05, 3.63) is 35.4 Å². The fourth-order valence-corrected chi connectivity index (χ4v) is 3.28. The van der Waals surface area contributed by atoms with Crippen LogP contribution in [0.25, 0.3) is 0 Å². The van der Waals surface area contributed by atoms with Crippen LogP contribution in [0.4, 0.5) is 0 Å². The van der Waals surface area contributed by atoms with Crippen LogP contribution >= 0.6 is 22.6 Å². The van der Waals surface area contributed by atoms with Crippen LogP contribution in [-0.2, 0) is 0 Å². The minimum atomic E-state index is -0.129. The first-order valence-corrected chi connectivity index (χ1v) is 8.11. The molecule has 3 nitrogen and oxygen atoms in total. The molecule has 102 valence electrons. The van der Waals surface area contributed by atoms with Crippen LogP contribution in [0.5, 0.6) is 0 Å². The Morgan fingerprint density at radius 2 is 1.63 bits per heavy atom. The second kappa shape index (κ2) is 6.03. The van der Waals surface area contributed by atoms with Crippen molar-refractivity contribution in [3.63, 3.8) is 0 Å². The number of halogens is 1. The van der Waals surface area contributed by atoms with Crippen molar-refractivity contribution in [1.29, 1.82) is 0 Å². The van der Waals surface area contributed by atoms with Gasteiger partial charge in [-0.1, -0.05) is 48.6 Å². The molecule has 0 spiro atoms. The highest BCUT2D eigenvalue weighted by Gasteiger charge is 2.39. The lowest BCUT2D eigenvalue weighted by Gasteiger charge is -2.27. The van der Waals surface area contributed by atoms with Crippen molar-refractivity contribution in [2.24, 2.45) is 5.92 Å². The Labute approximate surface area is 127 Å². The van der Waals surface area contributed by atoms with Gasteiger partial charge in [0.05, 0.1) is 11.1 Å². The molecule has 0 aromatic heterocycles. The van der Waals surface area contributed by atoms with E-state index in [0.717, 1.165) is 17.3 Å². The summed E-state index contributed by atoms with van der Waals surface area (Å²) >= 11 is 2.30. The van der Waals surface area contributed by atoms with Gasteiger partial charge in [0, 0.05) is 10.5 Å². The second-order valence-electron chi connectivity index (χ2n) is 5.29. The van der Waals surface area contributed by atoms with E-state index in [1.54, 1.807) is 12.1 Å². The molecule has 0 unspecified atom stereocenters. The number of fused-ring (bicyclic) bond motifs is 1. The summed E-state index contributed by atoms with van der Waals surface area (Å²) in [4.78, 5) is 26.3. The van der Waals surface area contributed by atoms with E-state index in [1.165, 1.54) is 4.90 Å². The van der Waals surface area contributed by atoms with Gasteiger partial charge in [0.1, 0.15) is 0 Å². The maximum atomic E-state index is 12.4. The normalized spacial score (nSPS) is 16.1. The standard InChI is InChI=1S/C15H18INO2/c1-10(2)9-11(7-8-16)17-14(18)12-5-3-4-6-13(12)15(17)19/h3-6,10-11H,7-9H2,1-2H3/t11-/m1/s1. The van der Waals surface area contributed by atoms with Gasteiger partial charge in [-0.05, 0) is 30.9 Å². The van der Waals surface area contributed by atoms with Crippen LogP contribution in [0.2, 0.25) is 0 Å². The Hall–Kier alpha value is -0.910. The number of imide groups is 1. The van der Waals surface area contributed by atoms with Crippen molar-refractivity contribution >= 4 is 34.4 Å². The van der Waals surface area contributed by atoms with Gasteiger partial charge in [-0.25, -0.2) is 0 Å². The monoisotopic (exact) mass is 371 g/mol. The number of carbonyl (C=O) groups is 2. The van der Waals surface area contributed by atoms with Crippen LogP contribution in [0.1, 0.15) is 47.4 Å². The molecule has 1 aromatic carbocycles. The maximum Gasteiger partial charge on any atom is 0.261 e. The van der Waals surface area contributed by atoms with Gasteiger partial charge in [0.25, 0.3) is 11.8 Å². The van der Waals surface area contributed by atoms with Gasteiger partial charge in [-0.2, -0.15) is 0 Å². The molecule has 1 aliphatic heterocycles. The number of alkyl halides is 1. The predicted molar refractivity (Wildman–Crippen MR) is 83.7 cm³/mol. The average molecular weight is 371 g/mol. The zero-order chi connectivity index (χ0) is 14.0. The summed E-state index contributed by atoms with van der Waals surface area (Å²) in [5.41, 5.74) is 1.10. The zero-order valence-electron chi connectivity index (χ0n) is 11.2. The van der Waals surface area contributed by atoms with Gasteiger partial charge in [0.2, 0.25) is 0 Å². The number of benzene rings is 1. The largest absolute Gasteiger partial charge is 0.271 e. The molecular formula is C15H18INO2. The lowest BCUT2D eigenvalue weighted by molar-refractivity contribution is 0.0563. The molecule has 0 bridgehead atoms. The van der Waals surface area contributed by atoms with Crippen LogP contribution in [0, 0.1) is 5.92 Å². The smallest absolute Gasteiger partial charge is 0.261 e. The lowest BCUT2D eigenvalue weighted by Crippen LogP contribution is -2.40. The molecule has 4 heteroatoms. The van der Waals surface area contributed by atoms with Crippen LogP contribution in [0.15, 0.2) is 24.3 Å². The fourth-order valence-electron chi connectivity index (χ4n) is 2.56. The number of carbonyl (C=O) groups excluding carboxylic acids is 2. The molecule has 0 N–H and O–H groups in total. The SMILES string of the molecule is CC(C)C[C@@H](CCI)N1C(=O)c2ccccc2C1=O. The Morgan fingerprint density at radius 3 is 2.05 bits per heavy atom. The lowest BCUT2D eigenvalue weighted by atomic mass is 10.0. The third kappa shape index (κ3) is 2.83.